The highest BCUT2D eigenvalue weighted by Crippen LogP contribution is 2.36. The van der Waals surface area contributed by atoms with E-state index in [1.54, 1.807) is 12.1 Å². The van der Waals surface area contributed by atoms with Crippen LogP contribution in [0.2, 0.25) is 0 Å². The minimum absolute atomic E-state index is 0.107. The van der Waals surface area contributed by atoms with E-state index in [2.05, 4.69) is 16.0 Å². The fraction of sp³-hybridized carbons (Fsp3) is 0.211. The predicted octanol–water partition coefficient (Wildman–Crippen LogP) is 2.76. The second-order valence-electron chi connectivity index (χ2n) is 5.95. The van der Waals surface area contributed by atoms with Crippen LogP contribution in [-0.4, -0.2) is 23.0 Å². The molecule has 26 heavy (non-hydrogen) atoms. The lowest BCUT2D eigenvalue weighted by Crippen LogP contribution is -2.34. The molecule has 2 aromatic carbocycles. The summed E-state index contributed by atoms with van der Waals surface area (Å²) in [7, 11) is 0. The number of hydrogen-bond acceptors (Lipinski definition) is 4. The van der Waals surface area contributed by atoms with Crippen LogP contribution in [0.1, 0.15) is 18.9 Å². The van der Waals surface area contributed by atoms with Crippen molar-refractivity contribution in [2.75, 3.05) is 10.6 Å². The summed E-state index contributed by atoms with van der Waals surface area (Å²) in [4.78, 5) is 36.5. The first kappa shape index (κ1) is 18.0. The Morgan fingerprint density at radius 1 is 1.15 bits per heavy atom. The number of fused-ring (bicyclic) bond motifs is 1. The normalized spacial score (nSPS) is 15.6. The van der Waals surface area contributed by atoms with E-state index < -0.39 is 5.25 Å². The number of nitrogens with one attached hydrogen (secondary N) is 3. The van der Waals surface area contributed by atoms with E-state index in [0.29, 0.717) is 12.2 Å². The first-order valence-corrected chi connectivity index (χ1v) is 9.09. The van der Waals surface area contributed by atoms with Gasteiger partial charge in [-0.1, -0.05) is 24.3 Å². The molecule has 0 saturated heterocycles. The minimum atomic E-state index is -0.449. The number of para-hydroxylation sites is 1. The first-order valence-electron chi connectivity index (χ1n) is 8.21. The highest BCUT2D eigenvalue weighted by Gasteiger charge is 2.28. The first-order chi connectivity index (χ1) is 12.5. The fourth-order valence-corrected chi connectivity index (χ4v) is 3.74. The second-order valence-corrected chi connectivity index (χ2v) is 7.20. The summed E-state index contributed by atoms with van der Waals surface area (Å²) >= 11 is 1.40. The summed E-state index contributed by atoms with van der Waals surface area (Å²) in [5, 5.41) is 7.92. The van der Waals surface area contributed by atoms with Crippen molar-refractivity contribution in [3.63, 3.8) is 0 Å². The summed E-state index contributed by atoms with van der Waals surface area (Å²) in [5.74, 6) is -0.495. The third-order valence-corrected chi connectivity index (χ3v) is 5.09. The third-order valence-electron chi connectivity index (χ3n) is 3.81. The Hall–Kier alpha value is -2.80. The highest BCUT2D eigenvalue weighted by atomic mass is 32.2. The maximum absolute atomic E-state index is 12.2. The van der Waals surface area contributed by atoms with E-state index in [4.69, 9.17) is 0 Å². The Balaban J connectivity index is 1.55. The van der Waals surface area contributed by atoms with Gasteiger partial charge in [0.05, 0.1) is 10.9 Å². The average molecular weight is 369 g/mol. The topological polar surface area (TPSA) is 87.3 Å². The van der Waals surface area contributed by atoms with Crippen molar-refractivity contribution in [3.8, 4) is 0 Å². The third kappa shape index (κ3) is 4.64. The van der Waals surface area contributed by atoms with Crippen LogP contribution in [0, 0.1) is 0 Å². The van der Waals surface area contributed by atoms with Gasteiger partial charge in [-0.25, -0.2) is 0 Å². The molecular formula is C19H19N3O3S. The second kappa shape index (κ2) is 8.05. The molecule has 3 amide bonds. The van der Waals surface area contributed by atoms with Crippen LogP contribution in [0.4, 0.5) is 11.4 Å². The summed E-state index contributed by atoms with van der Waals surface area (Å²) in [5.41, 5.74) is 2.34. The summed E-state index contributed by atoms with van der Waals surface area (Å²) in [6.07, 6.45) is 0.107. The van der Waals surface area contributed by atoms with E-state index in [1.807, 2.05) is 36.4 Å². The van der Waals surface area contributed by atoms with Gasteiger partial charge in [0.1, 0.15) is 0 Å². The molecule has 0 spiro atoms. The summed E-state index contributed by atoms with van der Waals surface area (Å²) in [6.45, 7) is 1.78. The van der Waals surface area contributed by atoms with Gasteiger partial charge in [-0.3, -0.25) is 14.4 Å². The van der Waals surface area contributed by atoms with E-state index in [0.717, 1.165) is 16.1 Å². The standard InChI is InChI=1S/C19H19N3O3S/c1-12(23)21-14-6-4-5-13(9-14)11-20-18(24)10-17-19(25)22-15-7-2-3-8-16(15)26-17/h2-9,17H,10-11H2,1H3,(H,20,24)(H,21,23)(H,22,25)/t17-/m1/s1. The van der Waals surface area contributed by atoms with Gasteiger partial charge in [0.15, 0.2) is 0 Å². The molecule has 134 valence electrons. The number of carbonyl (C=O) groups excluding carboxylic acids is 3. The molecule has 0 saturated carbocycles. The summed E-state index contributed by atoms with van der Waals surface area (Å²) < 4.78 is 0. The van der Waals surface area contributed by atoms with Crippen molar-refractivity contribution in [3.05, 3.63) is 54.1 Å². The molecule has 0 fully saturated rings. The Bertz CT molecular complexity index is 853. The minimum Gasteiger partial charge on any atom is -0.352 e. The van der Waals surface area contributed by atoms with Crippen molar-refractivity contribution >= 4 is 40.9 Å². The lowest BCUT2D eigenvalue weighted by atomic mass is 10.2. The number of amides is 3. The van der Waals surface area contributed by atoms with E-state index in [-0.39, 0.29) is 24.1 Å². The Morgan fingerprint density at radius 2 is 1.96 bits per heavy atom. The van der Waals surface area contributed by atoms with Crippen molar-refractivity contribution in [2.45, 2.75) is 30.0 Å². The number of benzene rings is 2. The van der Waals surface area contributed by atoms with Crippen LogP contribution in [0.25, 0.3) is 0 Å². The molecule has 1 aliphatic rings. The van der Waals surface area contributed by atoms with Gasteiger partial charge in [-0.2, -0.15) is 0 Å². The molecule has 0 aromatic heterocycles. The van der Waals surface area contributed by atoms with E-state index in [9.17, 15) is 14.4 Å². The SMILES string of the molecule is CC(=O)Nc1cccc(CNC(=O)C[C@H]2Sc3ccccc3NC2=O)c1. The number of hydrogen-bond donors (Lipinski definition) is 3. The number of thioether (sulfide) groups is 1. The summed E-state index contributed by atoms with van der Waals surface area (Å²) in [6, 6.07) is 14.8. The van der Waals surface area contributed by atoms with Crippen molar-refractivity contribution < 1.29 is 14.4 Å². The molecule has 6 nitrogen and oxygen atoms in total. The molecule has 3 N–H and O–H groups in total. The monoisotopic (exact) mass is 369 g/mol. The van der Waals surface area contributed by atoms with Gasteiger partial charge in [-0.05, 0) is 29.8 Å². The van der Waals surface area contributed by atoms with Gasteiger partial charge in [0, 0.05) is 30.5 Å². The largest absolute Gasteiger partial charge is 0.352 e. The Morgan fingerprint density at radius 3 is 2.77 bits per heavy atom. The number of anilines is 2. The van der Waals surface area contributed by atoms with Gasteiger partial charge >= 0.3 is 0 Å². The average Bonchev–Trinajstić information content (AvgIpc) is 2.60. The maximum atomic E-state index is 12.2. The van der Waals surface area contributed by atoms with E-state index >= 15 is 0 Å². The maximum Gasteiger partial charge on any atom is 0.238 e. The highest BCUT2D eigenvalue weighted by molar-refractivity contribution is 8.01. The van der Waals surface area contributed by atoms with Crippen molar-refractivity contribution in [1.29, 1.82) is 0 Å². The van der Waals surface area contributed by atoms with Gasteiger partial charge in [-0.15, -0.1) is 11.8 Å². The molecule has 0 unspecified atom stereocenters. The van der Waals surface area contributed by atoms with Crippen LogP contribution in [0.3, 0.4) is 0 Å². The van der Waals surface area contributed by atoms with E-state index in [1.165, 1.54) is 18.7 Å². The van der Waals surface area contributed by atoms with Crippen LogP contribution in [-0.2, 0) is 20.9 Å². The van der Waals surface area contributed by atoms with Crippen LogP contribution in [0.5, 0.6) is 0 Å². The smallest absolute Gasteiger partial charge is 0.238 e. The lowest BCUT2D eigenvalue weighted by molar-refractivity contribution is -0.124. The lowest BCUT2D eigenvalue weighted by Gasteiger charge is -2.23. The molecule has 0 aliphatic carbocycles. The van der Waals surface area contributed by atoms with Crippen LogP contribution in [0.15, 0.2) is 53.4 Å². The molecule has 1 aliphatic heterocycles. The van der Waals surface area contributed by atoms with Gasteiger partial charge in [0.25, 0.3) is 0 Å². The van der Waals surface area contributed by atoms with Gasteiger partial charge in [0.2, 0.25) is 17.7 Å². The zero-order valence-electron chi connectivity index (χ0n) is 14.2. The van der Waals surface area contributed by atoms with Crippen molar-refractivity contribution in [2.24, 2.45) is 0 Å². The Labute approximate surface area is 155 Å². The molecule has 1 atom stereocenters. The fourth-order valence-electron chi connectivity index (χ4n) is 2.63. The molecule has 3 rings (SSSR count). The molecule has 0 radical (unpaired) electrons. The Kier molecular flexibility index (Phi) is 5.58. The molecule has 2 aromatic rings. The molecule has 7 heteroatoms. The number of carbonyl (C=O) groups is 3. The van der Waals surface area contributed by atoms with Crippen LogP contribution >= 0.6 is 11.8 Å². The van der Waals surface area contributed by atoms with Crippen LogP contribution < -0.4 is 16.0 Å². The zero-order valence-corrected chi connectivity index (χ0v) is 15.1. The molecule has 1 heterocycles. The molecular weight excluding hydrogens is 350 g/mol. The van der Waals surface area contributed by atoms with Crippen molar-refractivity contribution in [1.82, 2.24) is 5.32 Å². The number of rotatable bonds is 5. The molecule has 0 bridgehead atoms. The zero-order chi connectivity index (χ0) is 18.5. The predicted molar refractivity (Wildman–Crippen MR) is 102 cm³/mol. The quantitative estimate of drug-likeness (QED) is 0.756. The van der Waals surface area contributed by atoms with Gasteiger partial charge < -0.3 is 16.0 Å².